The maximum atomic E-state index is 4.83. The van der Waals surface area contributed by atoms with Crippen molar-refractivity contribution >= 4 is 0 Å². The first-order valence-corrected chi connectivity index (χ1v) is 12.6. The van der Waals surface area contributed by atoms with E-state index in [-0.39, 0.29) is 0 Å². The molecule has 2 aliphatic carbocycles. The van der Waals surface area contributed by atoms with Gasteiger partial charge in [0.1, 0.15) is 5.82 Å². The van der Waals surface area contributed by atoms with Crippen molar-refractivity contribution in [3.63, 3.8) is 0 Å². The molecule has 0 atom stereocenters. The van der Waals surface area contributed by atoms with Crippen LogP contribution < -0.4 is 0 Å². The molecule has 0 bridgehead atoms. The van der Waals surface area contributed by atoms with Crippen LogP contribution in [0.15, 0.2) is 12.4 Å². The average Bonchev–Trinajstić information content (AvgIpc) is 2.75. The molecule has 3 rings (SSSR count). The third-order valence-corrected chi connectivity index (χ3v) is 7.63. The Morgan fingerprint density at radius 3 is 1.82 bits per heavy atom. The number of unbranched alkanes of at least 4 members (excludes halogenated alkanes) is 4. The summed E-state index contributed by atoms with van der Waals surface area (Å²) in [5.41, 5.74) is 1.41. The van der Waals surface area contributed by atoms with Crippen molar-refractivity contribution in [2.45, 2.75) is 128 Å². The normalized spacial score (nSPS) is 28.4. The van der Waals surface area contributed by atoms with E-state index in [4.69, 9.17) is 9.97 Å². The molecule has 0 aliphatic heterocycles. The molecule has 1 aromatic heterocycles. The zero-order valence-corrected chi connectivity index (χ0v) is 18.7. The first-order valence-electron chi connectivity index (χ1n) is 12.6. The van der Waals surface area contributed by atoms with Crippen LogP contribution >= 0.6 is 0 Å². The Balaban J connectivity index is 1.39. The van der Waals surface area contributed by atoms with Gasteiger partial charge < -0.3 is 0 Å². The molecule has 2 saturated carbocycles. The zero-order valence-electron chi connectivity index (χ0n) is 18.7. The van der Waals surface area contributed by atoms with Gasteiger partial charge in [0, 0.05) is 18.3 Å². The van der Waals surface area contributed by atoms with Gasteiger partial charge in [-0.1, -0.05) is 65.2 Å². The van der Waals surface area contributed by atoms with Crippen LogP contribution in [0.25, 0.3) is 0 Å². The number of aromatic nitrogens is 2. The van der Waals surface area contributed by atoms with Crippen LogP contribution in [0.3, 0.4) is 0 Å². The molecule has 2 fully saturated rings. The lowest BCUT2D eigenvalue weighted by atomic mass is 9.77. The van der Waals surface area contributed by atoms with Gasteiger partial charge in [-0.25, -0.2) is 9.97 Å². The van der Waals surface area contributed by atoms with Gasteiger partial charge in [-0.3, -0.25) is 0 Å². The zero-order chi connectivity index (χ0) is 19.6. The third-order valence-electron chi connectivity index (χ3n) is 7.63. The van der Waals surface area contributed by atoms with E-state index in [1.165, 1.54) is 108 Å². The van der Waals surface area contributed by atoms with E-state index in [1.54, 1.807) is 0 Å². The van der Waals surface area contributed by atoms with Gasteiger partial charge in [-0.2, -0.15) is 0 Å². The topological polar surface area (TPSA) is 25.8 Å². The Kier molecular flexibility index (Phi) is 9.28. The molecule has 1 aromatic rings. The molecule has 0 unspecified atom stereocenters. The van der Waals surface area contributed by atoms with Crippen LogP contribution in [0, 0.1) is 11.8 Å². The fraction of sp³-hybridized carbons (Fsp3) is 0.846. The summed E-state index contributed by atoms with van der Waals surface area (Å²) in [5.74, 6) is 4.40. The van der Waals surface area contributed by atoms with Gasteiger partial charge in [-0.05, 0) is 74.7 Å². The molecule has 28 heavy (non-hydrogen) atoms. The van der Waals surface area contributed by atoms with E-state index in [2.05, 4.69) is 26.2 Å². The van der Waals surface area contributed by atoms with Crippen LogP contribution in [0.4, 0.5) is 0 Å². The SMILES string of the molecule is CCCCCCCC1CCC(c2cnc(C3CCC(CCC)CC3)nc2)CC1. The Labute approximate surface area is 174 Å². The molecular formula is C26H44N2. The molecule has 0 aromatic carbocycles. The quantitative estimate of drug-likeness (QED) is 0.380. The highest BCUT2D eigenvalue weighted by atomic mass is 14.9. The highest BCUT2D eigenvalue weighted by Crippen LogP contribution is 2.39. The van der Waals surface area contributed by atoms with E-state index in [0.29, 0.717) is 11.8 Å². The molecule has 0 radical (unpaired) electrons. The van der Waals surface area contributed by atoms with Crippen LogP contribution in [-0.2, 0) is 0 Å². The van der Waals surface area contributed by atoms with Gasteiger partial charge in [0.15, 0.2) is 0 Å². The Hall–Kier alpha value is -0.920. The highest BCUT2D eigenvalue weighted by molar-refractivity contribution is 5.14. The number of rotatable bonds is 10. The smallest absolute Gasteiger partial charge is 0.131 e. The Morgan fingerprint density at radius 2 is 1.21 bits per heavy atom. The Bertz CT molecular complexity index is 522. The van der Waals surface area contributed by atoms with Crippen molar-refractivity contribution in [2.24, 2.45) is 11.8 Å². The number of nitrogens with zero attached hydrogens (tertiary/aromatic N) is 2. The molecule has 2 aliphatic rings. The average molecular weight is 385 g/mol. The highest BCUT2D eigenvalue weighted by Gasteiger charge is 2.25. The summed E-state index contributed by atoms with van der Waals surface area (Å²) in [6.45, 7) is 4.62. The van der Waals surface area contributed by atoms with Gasteiger partial charge in [-0.15, -0.1) is 0 Å². The van der Waals surface area contributed by atoms with Crippen molar-refractivity contribution in [1.29, 1.82) is 0 Å². The van der Waals surface area contributed by atoms with Crippen molar-refractivity contribution in [1.82, 2.24) is 9.97 Å². The van der Waals surface area contributed by atoms with Gasteiger partial charge in [0.25, 0.3) is 0 Å². The van der Waals surface area contributed by atoms with Gasteiger partial charge in [0.05, 0.1) is 0 Å². The predicted molar refractivity (Wildman–Crippen MR) is 120 cm³/mol. The molecule has 2 heteroatoms. The third kappa shape index (κ3) is 6.56. The molecule has 158 valence electrons. The molecular weight excluding hydrogens is 340 g/mol. The summed E-state index contributed by atoms with van der Waals surface area (Å²) < 4.78 is 0. The summed E-state index contributed by atoms with van der Waals surface area (Å²) in [7, 11) is 0. The summed E-state index contributed by atoms with van der Waals surface area (Å²) in [5, 5.41) is 0. The minimum Gasteiger partial charge on any atom is -0.241 e. The largest absolute Gasteiger partial charge is 0.241 e. The van der Waals surface area contributed by atoms with E-state index in [0.717, 1.165) is 17.7 Å². The van der Waals surface area contributed by atoms with E-state index >= 15 is 0 Å². The van der Waals surface area contributed by atoms with Gasteiger partial charge >= 0.3 is 0 Å². The molecule has 0 amide bonds. The summed E-state index contributed by atoms with van der Waals surface area (Å²) in [4.78, 5) is 9.67. The molecule has 0 spiro atoms. The Morgan fingerprint density at radius 1 is 0.643 bits per heavy atom. The lowest BCUT2D eigenvalue weighted by Gasteiger charge is -2.29. The molecule has 0 saturated heterocycles. The minimum atomic E-state index is 0.616. The number of hydrogen-bond donors (Lipinski definition) is 0. The lowest BCUT2D eigenvalue weighted by molar-refractivity contribution is 0.298. The molecule has 0 N–H and O–H groups in total. The van der Waals surface area contributed by atoms with Crippen LogP contribution in [0.2, 0.25) is 0 Å². The molecule has 1 heterocycles. The van der Waals surface area contributed by atoms with Crippen LogP contribution in [0.1, 0.15) is 140 Å². The minimum absolute atomic E-state index is 0.616. The lowest BCUT2D eigenvalue weighted by Crippen LogP contribution is -2.16. The van der Waals surface area contributed by atoms with Crippen molar-refractivity contribution < 1.29 is 0 Å². The monoisotopic (exact) mass is 384 g/mol. The fourth-order valence-corrected chi connectivity index (χ4v) is 5.71. The van der Waals surface area contributed by atoms with Crippen molar-refractivity contribution in [2.75, 3.05) is 0 Å². The van der Waals surface area contributed by atoms with Gasteiger partial charge in [0.2, 0.25) is 0 Å². The van der Waals surface area contributed by atoms with Crippen molar-refractivity contribution in [3.8, 4) is 0 Å². The summed E-state index contributed by atoms with van der Waals surface area (Å²) in [6.07, 6.45) is 26.6. The van der Waals surface area contributed by atoms with E-state index in [1.807, 2.05) is 0 Å². The summed E-state index contributed by atoms with van der Waals surface area (Å²) in [6, 6.07) is 0. The maximum absolute atomic E-state index is 4.83. The van der Waals surface area contributed by atoms with Crippen LogP contribution in [-0.4, -0.2) is 9.97 Å². The second-order valence-electron chi connectivity index (χ2n) is 9.80. The predicted octanol–water partition coefficient (Wildman–Crippen LogP) is 8.18. The van der Waals surface area contributed by atoms with E-state index < -0.39 is 0 Å². The standard InChI is InChI=1S/C26H44N2/c1-3-5-6-7-8-10-22-11-15-23(16-12-22)25-19-27-26(28-20-25)24-17-13-21(9-4-2)14-18-24/h19-24H,3-18H2,1-2H3. The first-order chi connectivity index (χ1) is 13.8. The fourth-order valence-electron chi connectivity index (χ4n) is 5.71. The summed E-state index contributed by atoms with van der Waals surface area (Å²) >= 11 is 0. The van der Waals surface area contributed by atoms with Crippen molar-refractivity contribution in [3.05, 3.63) is 23.8 Å². The second kappa shape index (κ2) is 11.9. The maximum Gasteiger partial charge on any atom is 0.131 e. The molecule has 2 nitrogen and oxygen atoms in total. The van der Waals surface area contributed by atoms with Crippen LogP contribution in [0.5, 0.6) is 0 Å². The number of hydrogen-bond acceptors (Lipinski definition) is 2. The van der Waals surface area contributed by atoms with E-state index in [9.17, 15) is 0 Å². The second-order valence-corrected chi connectivity index (χ2v) is 9.80. The first kappa shape index (κ1) is 21.8.